The topological polar surface area (TPSA) is 68.4 Å². The third kappa shape index (κ3) is 3.90. The predicted molar refractivity (Wildman–Crippen MR) is 120 cm³/mol. The lowest BCUT2D eigenvalue weighted by atomic mass is 10.00. The molecule has 182 valence electrons. The Bertz CT molecular complexity index is 1420. The van der Waals surface area contributed by atoms with Crippen LogP contribution in [0.1, 0.15) is 33.5 Å². The highest BCUT2D eigenvalue weighted by molar-refractivity contribution is 6.13. The molecule has 0 radical (unpaired) electrons. The first kappa shape index (κ1) is 22.9. The van der Waals surface area contributed by atoms with Crippen molar-refractivity contribution in [2.24, 2.45) is 0 Å². The molecule has 0 unspecified atom stereocenters. The Hall–Kier alpha value is -3.89. The average molecular weight is 490 g/mol. The minimum Gasteiger partial charge on any atom is -0.370 e. The van der Waals surface area contributed by atoms with Crippen molar-refractivity contribution >= 4 is 28.8 Å². The number of aryl methyl sites for hydroxylation is 2. The van der Waals surface area contributed by atoms with Gasteiger partial charge in [-0.3, -0.25) is 14.5 Å². The first-order chi connectivity index (χ1) is 16.5. The van der Waals surface area contributed by atoms with Gasteiger partial charge in [0.25, 0.3) is 11.5 Å². The van der Waals surface area contributed by atoms with E-state index in [1.807, 2.05) is 0 Å². The van der Waals surface area contributed by atoms with E-state index in [0.717, 1.165) is 0 Å². The van der Waals surface area contributed by atoms with Crippen LogP contribution in [0.3, 0.4) is 0 Å². The zero-order chi connectivity index (χ0) is 25.1. The number of hydrogen-bond acceptors (Lipinski definition) is 4. The summed E-state index contributed by atoms with van der Waals surface area (Å²) in [7, 11) is 0. The van der Waals surface area contributed by atoms with Crippen LogP contribution >= 0.6 is 0 Å². The molecule has 0 spiro atoms. The van der Waals surface area contributed by atoms with E-state index < -0.39 is 29.3 Å². The molecule has 0 saturated heterocycles. The van der Waals surface area contributed by atoms with E-state index in [-0.39, 0.29) is 35.0 Å². The summed E-state index contributed by atoms with van der Waals surface area (Å²) >= 11 is 0. The lowest BCUT2D eigenvalue weighted by Crippen LogP contribution is -2.46. The highest BCUT2D eigenvalue weighted by atomic mass is 19.4. The molecule has 2 N–H and O–H groups in total. The number of benzene rings is 2. The first-order valence-corrected chi connectivity index (χ1v) is 10.8. The van der Waals surface area contributed by atoms with Gasteiger partial charge in [-0.25, -0.2) is 8.78 Å². The Balaban J connectivity index is 1.80. The molecule has 2 bridgehead atoms. The third-order valence-corrected chi connectivity index (χ3v) is 6.19. The van der Waals surface area contributed by atoms with E-state index in [9.17, 15) is 31.5 Å². The number of rotatable bonds is 0. The number of aromatic nitrogens is 1. The number of pyridine rings is 1. The van der Waals surface area contributed by atoms with Crippen LogP contribution in [0.15, 0.2) is 41.2 Å². The summed E-state index contributed by atoms with van der Waals surface area (Å²) in [6.07, 6.45) is -4.12. The van der Waals surface area contributed by atoms with Crippen LogP contribution in [0.2, 0.25) is 0 Å². The van der Waals surface area contributed by atoms with E-state index in [4.69, 9.17) is 0 Å². The normalized spacial score (nSPS) is 15.5. The van der Waals surface area contributed by atoms with Crippen LogP contribution in [0, 0.1) is 18.6 Å². The maximum atomic E-state index is 14.6. The fourth-order valence-corrected chi connectivity index (χ4v) is 4.47. The van der Waals surface area contributed by atoms with Gasteiger partial charge in [-0.2, -0.15) is 13.2 Å². The molecular formula is C24H19F5N4O2. The van der Waals surface area contributed by atoms with E-state index >= 15 is 0 Å². The molecule has 2 aliphatic rings. The number of alkyl halides is 3. The minimum atomic E-state index is -5.02. The highest BCUT2D eigenvalue weighted by Gasteiger charge is 2.40. The summed E-state index contributed by atoms with van der Waals surface area (Å²) in [5, 5.41) is 3.06. The van der Waals surface area contributed by atoms with Crippen molar-refractivity contribution in [2.45, 2.75) is 25.9 Å². The van der Waals surface area contributed by atoms with Crippen molar-refractivity contribution in [3.8, 4) is 0 Å². The number of amides is 1. The summed E-state index contributed by atoms with van der Waals surface area (Å²) in [6, 6.07) is 6.64. The van der Waals surface area contributed by atoms with Crippen molar-refractivity contribution in [1.29, 1.82) is 0 Å². The lowest BCUT2D eigenvalue weighted by Gasteiger charge is -2.39. The average Bonchev–Trinajstić information content (AvgIpc) is 2.80. The van der Waals surface area contributed by atoms with Crippen LogP contribution in [0.25, 0.3) is 0 Å². The second-order valence-electron chi connectivity index (χ2n) is 8.49. The molecule has 6 nitrogen and oxygen atoms in total. The summed E-state index contributed by atoms with van der Waals surface area (Å²) in [6.45, 7) is 1.71. The number of hydrogen-bond donors (Lipinski definition) is 2. The van der Waals surface area contributed by atoms with Gasteiger partial charge in [-0.05, 0) is 61.7 Å². The molecule has 5 rings (SSSR count). The fraction of sp³-hybridized carbons (Fsp3) is 0.250. The zero-order valence-corrected chi connectivity index (χ0v) is 18.4. The molecule has 11 heteroatoms. The fourth-order valence-electron chi connectivity index (χ4n) is 4.47. The van der Waals surface area contributed by atoms with Crippen molar-refractivity contribution in [3.63, 3.8) is 0 Å². The van der Waals surface area contributed by atoms with Gasteiger partial charge in [-0.1, -0.05) is 0 Å². The number of nitrogens with one attached hydrogen (secondary N) is 2. The first-order valence-electron chi connectivity index (χ1n) is 10.8. The van der Waals surface area contributed by atoms with E-state index in [0.29, 0.717) is 48.3 Å². The lowest BCUT2D eigenvalue weighted by molar-refractivity contribution is -0.140. The quantitative estimate of drug-likeness (QED) is 0.431. The van der Waals surface area contributed by atoms with Crippen molar-refractivity contribution < 1.29 is 26.7 Å². The van der Waals surface area contributed by atoms with Gasteiger partial charge in [-0.15, -0.1) is 0 Å². The largest absolute Gasteiger partial charge is 0.419 e. The minimum absolute atomic E-state index is 0.0560. The summed E-state index contributed by atoms with van der Waals surface area (Å²) in [5.41, 5.74) is -0.842. The maximum Gasteiger partial charge on any atom is 0.419 e. The SMILES string of the molecule is Cc1cc2c([nH]c1=O)NCCCc1cc(F)ccc1N1CN2C(=O)c2cc(C(F)(F)F)c(F)cc21. The zero-order valence-electron chi connectivity index (χ0n) is 18.4. The van der Waals surface area contributed by atoms with Crippen LogP contribution < -0.4 is 20.7 Å². The number of carbonyl (C=O) groups is 1. The van der Waals surface area contributed by atoms with Gasteiger partial charge in [0.1, 0.15) is 24.1 Å². The van der Waals surface area contributed by atoms with Crippen LogP contribution in [-0.2, 0) is 12.6 Å². The Morgan fingerprint density at radius 1 is 0.943 bits per heavy atom. The molecule has 0 saturated carbocycles. The van der Waals surface area contributed by atoms with Gasteiger partial charge >= 0.3 is 6.18 Å². The Labute approximate surface area is 196 Å². The van der Waals surface area contributed by atoms with Crippen molar-refractivity contribution in [1.82, 2.24) is 4.98 Å². The summed E-state index contributed by atoms with van der Waals surface area (Å²) in [5.74, 6) is -2.58. The molecule has 0 atom stereocenters. The number of halogens is 5. The van der Waals surface area contributed by atoms with Gasteiger partial charge in [0.05, 0.1) is 22.5 Å². The number of aromatic amines is 1. The van der Waals surface area contributed by atoms with Gasteiger partial charge in [0.15, 0.2) is 0 Å². The Morgan fingerprint density at radius 3 is 2.46 bits per heavy atom. The molecule has 3 heterocycles. The summed E-state index contributed by atoms with van der Waals surface area (Å²) in [4.78, 5) is 31.2. The number of carbonyl (C=O) groups excluding carboxylic acids is 1. The van der Waals surface area contributed by atoms with Gasteiger partial charge in [0, 0.05) is 17.8 Å². The number of fused-ring (bicyclic) bond motifs is 8. The van der Waals surface area contributed by atoms with Crippen LogP contribution in [-0.4, -0.2) is 24.1 Å². The molecular weight excluding hydrogens is 471 g/mol. The maximum absolute atomic E-state index is 14.6. The smallest absolute Gasteiger partial charge is 0.370 e. The molecule has 35 heavy (non-hydrogen) atoms. The van der Waals surface area contributed by atoms with Gasteiger partial charge < -0.3 is 15.2 Å². The van der Waals surface area contributed by atoms with Gasteiger partial charge in [0.2, 0.25) is 0 Å². The molecule has 2 aromatic carbocycles. The predicted octanol–water partition coefficient (Wildman–Crippen LogP) is 5.09. The Kier molecular flexibility index (Phi) is 5.30. The standard InChI is InChI=1S/C24H19F5N4O2/c1-12-7-20-21(31-22(12)34)30-6-2-3-13-8-14(25)4-5-18(13)32-11-33(20)23(35)15-9-16(24(27,28)29)17(26)10-19(15)32/h4-5,7-10H,2-3,6,11H2,1H3,(H2,30,31,34). The van der Waals surface area contributed by atoms with E-state index in [1.165, 1.54) is 34.1 Å². The second-order valence-corrected chi connectivity index (χ2v) is 8.49. The van der Waals surface area contributed by atoms with Crippen LogP contribution in [0.5, 0.6) is 0 Å². The van der Waals surface area contributed by atoms with Crippen molar-refractivity contribution in [2.75, 3.05) is 28.3 Å². The number of nitrogens with zero attached hydrogens (tertiary/aromatic N) is 2. The van der Waals surface area contributed by atoms with Crippen LogP contribution in [0.4, 0.5) is 44.8 Å². The molecule has 0 fully saturated rings. The summed E-state index contributed by atoms with van der Waals surface area (Å²) < 4.78 is 69.2. The third-order valence-electron chi connectivity index (χ3n) is 6.19. The second kappa shape index (κ2) is 8.10. The number of anilines is 4. The van der Waals surface area contributed by atoms with E-state index in [2.05, 4.69) is 10.3 Å². The van der Waals surface area contributed by atoms with E-state index in [1.54, 1.807) is 6.92 Å². The molecule has 1 amide bonds. The number of H-pyrrole nitrogens is 1. The van der Waals surface area contributed by atoms with Crippen molar-refractivity contribution in [3.05, 3.63) is 80.6 Å². The monoisotopic (exact) mass is 490 g/mol. The Morgan fingerprint density at radius 2 is 1.71 bits per heavy atom. The molecule has 2 aliphatic heterocycles. The molecule has 3 aromatic rings. The molecule has 1 aromatic heterocycles. The highest BCUT2D eigenvalue weighted by Crippen LogP contribution is 2.43. The molecule has 0 aliphatic carbocycles.